The van der Waals surface area contributed by atoms with Crippen LogP contribution in [0.5, 0.6) is 0 Å². The minimum atomic E-state index is -0.979. The number of carboxylic acid groups (broad SMARTS) is 1. The number of carbonyl (C=O) groups is 1. The van der Waals surface area contributed by atoms with E-state index in [0.29, 0.717) is 28.7 Å². The Hall–Kier alpha value is -1.47. The van der Waals surface area contributed by atoms with Crippen LogP contribution in [-0.4, -0.2) is 26.0 Å². The molecule has 5 nitrogen and oxygen atoms in total. The van der Waals surface area contributed by atoms with Crippen molar-refractivity contribution in [1.82, 2.24) is 15.0 Å². The highest BCUT2D eigenvalue weighted by atomic mass is 32.2. The molecule has 7 heteroatoms. The third-order valence-electron chi connectivity index (χ3n) is 2.65. The van der Waals surface area contributed by atoms with Gasteiger partial charge in [0, 0.05) is 23.2 Å². The van der Waals surface area contributed by atoms with Crippen molar-refractivity contribution in [2.24, 2.45) is 0 Å². The normalized spacial score (nSPS) is 10.8. The first kappa shape index (κ1) is 14.9. The lowest BCUT2D eigenvalue weighted by molar-refractivity contribution is 0.0690. The molecule has 2 aromatic heterocycles. The second-order valence-electron chi connectivity index (χ2n) is 4.20. The zero-order chi connectivity index (χ0) is 14.7. The van der Waals surface area contributed by atoms with Crippen molar-refractivity contribution in [2.45, 2.75) is 38.0 Å². The van der Waals surface area contributed by atoms with Crippen LogP contribution in [0.2, 0.25) is 0 Å². The highest BCUT2D eigenvalue weighted by molar-refractivity contribution is 7.98. The second-order valence-corrected chi connectivity index (χ2v) is 6.48. The van der Waals surface area contributed by atoms with Gasteiger partial charge in [0.1, 0.15) is 16.4 Å². The Morgan fingerprint density at radius 3 is 2.70 bits per heavy atom. The monoisotopic (exact) mass is 309 g/mol. The zero-order valence-corrected chi connectivity index (χ0v) is 13.1. The van der Waals surface area contributed by atoms with Crippen LogP contribution in [0.3, 0.4) is 0 Å². The number of nitrogens with zero attached hydrogens (tertiary/aromatic N) is 3. The van der Waals surface area contributed by atoms with Crippen molar-refractivity contribution in [3.63, 3.8) is 0 Å². The standard InChI is InChI=1S/C13H15N3O2S2/c1-4-10-15-7(2)11(13(17)18)12(16-10)19-6-9-5-14-8(3)20-9/h5H,4,6H2,1-3H3,(H,17,18). The minimum absolute atomic E-state index is 0.202. The predicted molar refractivity (Wildman–Crippen MR) is 79.5 cm³/mol. The number of hydrogen-bond acceptors (Lipinski definition) is 6. The summed E-state index contributed by atoms with van der Waals surface area (Å²) in [7, 11) is 0. The average molecular weight is 309 g/mol. The lowest BCUT2D eigenvalue weighted by atomic mass is 10.2. The molecular formula is C13H15N3O2S2. The molecule has 0 aliphatic heterocycles. The van der Waals surface area contributed by atoms with E-state index in [-0.39, 0.29) is 5.56 Å². The fraction of sp³-hybridized carbons (Fsp3) is 0.385. The Morgan fingerprint density at radius 2 is 2.15 bits per heavy atom. The molecule has 0 aliphatic carbocycles. The number of aromatic nitrogens is 3. The fourth-order valence-electron chi connectivity index (χ4n) is 1.72. The molecule has 2 heterocycles. The Morgan fingerprint density at radius 1 is 1.40 bits per heavy atom. The van der Waals surface area contributed by atoms with Gasteiger partial charge in [0.05, 0.1) is 10.7 Å². The van der Waals surface area contributed by atoms with Crippen LogP contribution in [-0.2, 0) is 12.2 Å². The summed E-state index contributed by atoms with van der Waals surface area (Å²) in [6.45, 7) is 5.62. The molecule has 2 aromatic rings. The van der Waals surface area contributed by atoms with Crippen LogP contribution in [0, 0.1) is 13.8 Å². The van der Waals surface area contributed by atoms with Gasteiger partial charge in [-0.25, -0.2) is 19.7 Å². The van der Waals surface area contributed by atoms with E-state index >= 15 is 0 Å². The van der Waals surface area contributed by atoms with E-state index in [0.717, 1.165) is 9.88 Å². The minimum Gasteiger partial charge on any atom is -0.478 e. The van der Waals surface area contributed by atoms with Gasteiger partial charge in [-0.05, 0) is 13.8 Å². The molecule has 2 rings (SSSR count). The van der Waals surface area contributed by atoms with Crippen molar-refractivity contribution >= 4 is 29.1 Å². The van der Waals surface area contributed by atoms with E-state index in [1.54, 1.807) is 18.3 Å². The number of thiazole rings is 1. The second kappa shape index (κ2) is 6.32. The number of rotatable bonds is 5. The lowest BCUT2D eigenvalue weighted by Crippen LogP contribution is -2.09. The summed E-state index contributed by atoms with van der Waals surface area (Å²) >= 11 is 3.04. The molecule has 0 spiro atoms. The first-order chi connectivity index (χ1) is 9.51. The highest BCUT2D eigenvalue weighted by Crippen LogP contribution is 2.28. The zero-order valence-electron chi connectivity index (χ0n) is 11.5. The van der Waals surface area contributed by atoms with Crippen LogP contribution in [0.15, 0.2) is 11.2 Å². The van der Waals surface area contributed by atoms with E-state index in [1.165, 1.54) is 11.8 Å². The molecular weight excluding hydrogens is 294 g/mol. The Bertz CT molecular complexity index is 641. The summed E-state index contributed by atoms with van der Waals surface area (Å²) in [6.07, 6.45) is 2.51. The van der Waals surface area contributed by atoms with E-state index in [1.807, 2.05) is 20.0 Å². The SMILES string of the molecule is CCc1nc(C)c(C(=O)O)c(SCc2cnc(C)s2)n1. The largest absolute Gasteiger partial charge is 0.478 e. The topological polar surface area (TPSA) is 76.0 Å². The molecule has 0 aliphatic rings. The number of hydrogen-bond donors (Lipinski definition) is 1. The third-order valence-corrected chi connectivity index (χ3v) is 4.77. The summed E-state index contributed by atoms with van der Waals surface area (Å²) in [6, 6.07) is 0. The summed E-state index contributed by atoms with van der Waals surface area (Å²) in [5.41, 5.74) is 0.723. The van der Waals surface area contributed by atoms with Crippen molar-refractivity contribution < 1.29 is 9.90 Å². The van der Waals surface area contributed by atoms with Crippen molar-refractivity contribution in [3.8, 4) is 0 Å². The summed E-state index contributed by atoms with van der Waals surface area (Å²) < 4.78 is 0. The van der Waals surface area contributed by atoms with Gasteiger partial charge in [-0.3, -0.25) is 0 Å². The maximum Gasteiger partial charge on any atom is 0.340 e. The Kier molecular flexibility index (Phi) is 4.72. The van der Waals surface area contributed by atoms with Crippen LogP contribution >= 0.6 is 23.1 Å². The van der Waals surface area contributed by atoms with Gasteiger partial charge < -0.3 is 5.11 Å². The molecule has 0 atom stereocenters. The summed E-state index contributed by atoms with van der Waals surface area (Å²) in [4.78, 5) is 25.2. The molecule has 0 saturated carbocycles. The van der Waals surface area contributed by atoms with Crippen molar-refractivity contribution in [1.29, 1.82) is 0 Å². The van der Waals surface area contributed by atoms with E-state index in [9.17, 15) is 9.90 Å². The predicted octanol–water partition coefficient (Wildman–Crippen LogP) is 3.10. The quantitative estimate of drug-likeness (QED) is 0.675. The van der Waals surface area contributed by atoms with Crippen molar-refractivity contribution in [3.05, 3.63) is 33.2 Å². The average Bonchev–Trinajstić information content (AvgIpc) is 2.81. The smallest absolute Gasteiger partial charge is 0.340 e. The lowest BCUT2D eigenvalue weighted by Gasteiger charge is -2.08. The molecule has 0 radical (unpaired) electrons. The molecule has 1 N–H and O–H groups in total. The van der Waals surface area contributed by atoms with Gasteiger partial charge in [-0.2, -0.15) is 0 Å². The third kappa shape index (κ3) is 3.34. The molecule has 0 unspecified atom stereocenters. The summed E-state index contributed by atoms with van der Waals surface area (Å²) in [5, 5.41) is 10.9. The molecule has 0 aromatic carbocycles. The molecule has 0 fully saturated rings. The van der Waals surface area contributed by atoms with E-state index < -0.39 is 5.97 Å². The number of carboxylic acids is 1. The van der Waals surface area contributed by atoms with Crippen LogP contribution < -0.4 is 0 Å². The number of aromatic carboxylic acids is 1. The molecule has 0 saturated heterocycles. The van der Waals surface area contributed by atoms with Gasteiger partial charge in [-0.1, -0.05) is 18.7 Å². The number of aryl methyl sites for hydroxylation is 3. The highest BCUT2D eigenvalue weighted by Gasteiger charge is 2.18. The number of thioether (sulfide) groups is 1. The van der Waals surface area contributed by atoms with E-state index in [2.05, 4.69) is 15.0 Å². The van der Waals surface area contributed by atoms with Gasteiger partial charge >= 0.3 is 5.97 Å². The van der Waals surface area contributed by atoms with Crippen LogP contribution in [0.4, 0.5) is 0 Å². The maximum atomic E-state index is 11.4. The Balaban J connectivity index is 2.28. The van der Waals surface area contributed by atoms with Gasteiger partial charge in [-0.15, -0.1) is 11.3 Å². The summed E-state index contributed by atoms with van der Waals surface area (Å²) in [5.74, 6) is 0.370. The molecule has 20 heavy (non-hydrogen) atoms. The maximum absolute atomic E-state index is 11.4. The van der Waals surface area contributed by atoms with Crippen LogP contribution in [0.1, 0.15) is 38.7 Å². The van der Waals surface area contributed by atoms with Gasteiger partial charge in [0.15, 0.2) is 0 Å². The first-order valence-corrected chi connectivity index (χ1v) is 7.96. The van der Waals surface area contributed by atoms with E-state index in [4.69, 9.17) is 0 Å². The van der Waals surface area contributed by atoms with Gasteiger partial charge in [0.25, 0.3) is 0 Å². The fourth-order valence-corrected chi connectivity index (χ4v) is 3.63. The van der Waals surface area contributed by atoms with Gasteiger partial charge in [0.2, 0.25) is 0 Å². The first-order valence-electron chi connectivity index (χ1n) is 6.16. The molecule has 0 bridgehead atoms. The Labute approximate surface area is 125 Å². The van der Waals surface area contributed by atoms with Crippen LogP contribution in [0.25, 0.3) is 0 Å². The van der Waals surface area contributed by atoms with Crippen molar-refractivity contribution in [2.75, 3.05) is 0 Å². The molecule has 106 valence electrons. The molecule has 0 amide bonds.